The van der Waals surface area contributed by atoms with E-state index in [9.17, 15) is 9.18 Å². The first-order valence-corrected chi connectivity index (χ1v) is 9.22. The number of nitrogens with zero attached hydrogens (tertiary/aromatic N) is 3. The van der Waals surface area contributed by atoms with Crippen LogP contribution in [0, 0.1) is 5.82 Å². The molecule has 2 heterocycles. The number of halogens is 1. The Morgan fingerprint density at radius 1 is 1.23 bits per heavy atom. The van der Waals surface area contributed by atoms with Crippen LogP contribution in [0.3, 0.4) is 0 Å². The van der Waals surface area contributed by atoms with Crippen LogP contribution in [0.5, 0.6) is 0 Å². The molecule has 0 saturated heterocycles. The van der Waals surface area contributed by atoms with E-state index in [0.717, 1.165) is 12.8 Å². The molecule has 6 nitrogen and oxygen atoms in total. The zero-order valence-corrected chi connectivity index (χ0v) is 14.6. The molecule has 2 aromatic heterocycles. The second kappa shape index (κ2) is 7.33. The summed E-state index contributed by atoms with van der Waals surface area (Å²) < 4.78 is 24.6. The third-order valence-corrected chi connectivity index (χ3v) is 4.87. The molecule has 0 aliphatic heterocycles. The Labute approximate surface area is 153 Å². The van der Waals surface area contributed by atoms with E-state index in [4.69, 9.17) is 8.83 Å². The van der Waals surface area contributed by atoms with Crippen LogP contribution in [0.25, 0.3) is 11.7 Å². The lowest BCUT2D eigenvalue weighted by molar-refractivity contribution is -0.129. The van der Waals surface area contributed by atoms with Crippen molar-refractivity contribution in [2.75, 3.05) is 5.75 Å². The molecule has 1 aliphatic carbocycles. The van der Waals surface area contributed by atoms with Crippen molar-refractivity contribution in [1.29, 1.82) is 0 Å². The summed E-state index contributed by atoms with van der Waals surface area (Å²) in [6, 6.07) is 10.2. The van der Waals surface area contributed by atoms with Gasteiger partial charge in [-0.15, -0.1) is 10.2 Å². The first kappa shape index (κ1) is 16.8. The maximum absolute atomic E-state index is 13.9. The minimum absolute atomic E-state index is 0.0708. The SMILES string of the molecule is O=C(CSc1nnc(-c2ccco2)o1)N(Cc1ccccc1F)C1CC1. The van der Waals surface area contributed by atoms with Gasteiger partial charge in [0.15, 0.2) is 5.76 Å². The molecule has 4 rings (SSSR count). The van der Waals surface area contributed by atoms with Crippen LogP contribution in [-0.4, -0.2) is 32.8 Å². The van der Waals surface area contributed by atoms with Crippen molar-refractivity contribution in [3.63, 3.8) is 0 Å². The van der Waals surface area contributed by atoms with Crippen LogP contribution in [0.15, 0.2) is 56.7 Å². The van der Waals surface area contributed by atoms with Gasteiger partial charge in [-0.2, -0.15) is 0 Å². The highest BCUT2D eigenvalue weighted by atomic mass is 32.2. The van der Waals surface area contributed by atoms with Crippen molar-refractivity contribution in [2.24, 2.45) is 0 Å². The summed E-state index contributed by atoms with van der Waals surface area (Å²) in [4.78, 5) is 14.4. The average molecular weight is 373 g/mol. The molecule has 0 N–H and O–H groups in total. The Kier molecular flexibility index (Phi) is 4.75. The van der Waals surface area contributed by atoms with Gasteiger partial charge in [0.2, 0.25) is 5.91 Å². The molecule has 0 atom stereocenters. The fourth-order valence-corrected chi connectivity index (χ4v) is 3.24. The highest BCUT2D eigenvalue weighted by Crippen LogP contribution is 2.30. The number of hydrogen-bond donors (Lipinski definition) is 0. The quantitative estimate of drug-likeness (QED) is 0.587. The number of carbonyl (C=O) groups excluding carboxylic acids is 1. The van der Waals surface area contributed by atoms with Crippen molar-refractivity contribution >= 4 is 17.7 Å². The second-order valence-electron chi connectivity index (χ2n) is 5.98. The zero-order chi connectivity index (χ0) is 17.9. The molecule has 3 aromatic rings. The second-order valence-corrected chi connectivity index (χ2v) is 6.91. The molecule has 0 unspecified atom stereocenters. The summed E-state index contributed by atoms with van der Waals surface area (Å²) in [5.74, 6) is 0.548. The van der Waals surface area contributed by atoms with E-state index < -0.39 is 0 Å². The summed E-state index contributed by atoms with van der Waals surface area (Å²) in [6.45, 7) is 0.276. The monoisotopic (exact) mass is 373 g/mol. The number of hydrogen-bond acceptors (Lipinski definition) is 6. The summed E-state index contributed by atoms with van der Waals surface area (Å²) in [7, 11) is 0. The molecule has 0 bridgehead atoms. The molecule has 1 fully saturated rings. The van der Waals surface area contributed by atoms with E-state index in [1.165, 1.54) is 24.1 Å². The van der Waals surface area contributed by atoms with Gasteiger partial charge < -0.3 is 13.7 Å². The molecular weight excluding hydrogens is 357 g/mol. The van der Waals surface area contributed by atoms with Crippen LogP contribution in [0.4, 0.5) is 4.39 Å². The lowest BCUT2D eigenvalue weighted by Gasteiger charge is -2.22. The molecule has 26 heavy (non-hydrogen) atoms. The molecule has 1 amide bonds. The van der Waals surface area contributed by atoms with Crippen molar-refractivity contribution in [3.8, 4) is 11.7 Å². The first-order chi connectivity index (χ1) is 12.7. The average Bonchev–Trinajstić information content (AvgIpc) is 3.14. The predicted octanol–water partition coefficient (Wildman–Crippen LogP) is 3.75. The number of aromatic nitrogens is 2. The molecular formula is C18H16FN3O3S. The van der Waals surface area contributed by atoms with E-state index >= 15 is 0 Å². The Balaban J connectivity index is 1.39. The van der Waals surface area contributed by atoms with Crippen LogP contribution in [0.1, 0.15) is 18.4 Å². The molecule has 1 aromatic carbocycles. The van der Waals surface area contributed by atoms with Gasteiger partial charge in [0, 0.05) is 18.2 Å². The summed E-state index contributed by atoms with van der Waals surface area (Å²) in [5, 5.41) is 8.12. The van der Waals surface area contributed by atoms with Crippen LogP contribution in [0.2, 0.25) is 0 Å². The van der Waals surface area contributed by atoms with Gasteiger partial charge in [0.05, 0.1) is 12.0 Å². The van der Waals surface area contributed by atoms with Gasteiger partial charge in [0.25, 0.3) is 11.1 Å². The topological polar surface area (TPSA) is 72.4 Å². The smallest absolute Gasteiger partial charge is 0.284 e. The lowest BCUT2D eigenvalue weighted by Crippen LogP contribution is -2.34. The first-order valence-electron chi connectivity index (χ1n) is 8.24. The maximum Gasteiger partial charge on any atom is 0.284 e. The molecule has 1 saturated carbocycles. The van der Waals surface area contributed by atoms with E-state index in [1.807, 2.05) is 0 Å². The Hall–Kier alpha value is -2.61. The number of benzene rings is 1. The number of thioether (sulfide) groups is 1. The molecule has 8 heteroatoms. The summed E-state index contributed by atoms with van der Waals surface area (Å²) >= 11 is 1.17. The lowest BCUT2D eigenvalue weighted by atomic mass is 10.2. The fraction of sp³-hybridized carbons (Fsp3) is 0.278. The van der Waals surface area contributed by atoms with E-state index in [0.29, 0.717) is 16.5 Å². The number of rotatable bonds is 7. The number of amides is 1. The van der Waals surface area contributed by atoms with Gasteiger partial charge in [-0.05, 0) is 31.0 Å². The van der Waals surface area contributed by atoms with Crippen molar-refractivity contribution < 1.29 is 18.0 Å². The van der Waals surface area contributed by atoms with Gasteiger partial charge in [-0.1, -0.05) is 30.0 Å². The maximum atomic E-state index is 13.9. The van der Waals surface area contributed by atoms with Gasteiger partial charge >= 0.3 is 0 Å². The largest absolute Gasteiger partial charge is 0.459 e. The Morgan fingerprint density at radius 3 is 2.81 bits per heavy atom. The van der Waals surface area contributed by atoms with E-state index in [-0.39, 0.29) is 36.0 Å². The standard InChI is InChI=1S/C18H16FN3O3S/c19-14-5-2-1-4-12(14)10-22(13-7-8-13)16(23)11-26-18-21-20-17(25-18)15-6-3-9-24-15/h1-6,9,13H,7-8,10-11H2. The van der Waals surface area contributed by atoms with Crippen LogP contribution < -0.4 is 0 Å². The highest BCUT2D eigenvalue weighted by molar-refractivity contribution is 7.99. The normalized spacial score (nSPS) is 13.7. The zero-order valence-electron chi connectivity index (χ0n) is 13.8. The van der Waals surface area contributed by atoms with Crippen molar-refractivity contribution in [3.05, 3.63) is 54.0 Å². The Morgan fingerprint density at radius 2 is 2.08 bits per heavy atom. The third kappa shape index (κ3) is 3.80. The summed E-state index contributed by atoms with van der Waals surface area (Å²) in [6.07, 6.45) is 3.42. The van der Waals surface area contributed by atoms with Gasteiger partial charge in [-0.25, -0.2) is 4.39 Å². The minimum atomic E-state index is -0.293. The van der Waals surface area contributed by atoms with Crippen molar-refractivity contribution in [1.82, 2.24) is 15.1 Å². The molecule has 134 valence electrons. The van der Waals surface area contributed by atoms with Crippen molar-refractivity contribution in [2.45, 2.75) is 30.7 Å². The van der Waals surface area contributed by atoms with Crippen LogP contribution in [-0.2, 0) is 11.3 Å². The van der Waals surface area contributed by atoms with Gasteiger partial charge in [-0.3, -0.25) is 4.79 Å². The number of carbonyl (C=O) groups is 1. The molecule has 1 aliphatic rings. The predicted molar refractivity (Wildman–Crippen MR) is 92.7 cm³/mol. The molecule has 0 spiro atoms. The molecule has 0 radical (unpaired) electrons. The van der Waals surface area contributed by atoms with E-state index in [1.54, 1.807) is 35.2 Å². The highest BCUT2D eigenvalue weighted by Gasteiger charge is 2.33. The summed E-state index contributed by atoms with van der Waals surface area (Å²) in [5.41, 5.74) is 0.524. The van der Waals surface area contributed by atoms with Gasteiger partial charge in [0.1, 0.15) is 5.82 Å². The number of furan rings is 1. The van der Waals surface area contributed by atoms with E-state index in [2.05, 4.69) is 10.2 Å². The fourth-order valence-electron chi connectivity index (χ4n) is 2.59. The third-order valence-electron chi connectivity index (χ3n) is 4.06. The minimum Gasteiger partial charge on any atom is -0.459 e. The Bertz CT molecular complexity index is 893. The van der Waals surface area contributed by atoms with Crippen LogP contribution >= 0.6 is 11.8 Å².